The first kappa shape index (κ1) is 38.9. The molecule has 11 aromatic carbocycles. The first-order valence-electron chi connectivity index (χ1n) is 22.6. The molecule has 0 radical (unpaired) electrons. The van der Waals surface area contributed by atoms with E-state index in [-0.39, 0.29) is 0 Å². The lowest BCUT2D eigenvalue weighted by atomic mass is 9.89. The predicted octanol–water partition coefficient (Wildman–Crippen LogP) is 18.2. The minimum absolute atomic E-state index is 0.863. The van der Waals surface area contributed by atoms with E-state index in [1.165, 1.54) is 55.3 Å². The number of fused-ring (bicyclic) bond motifs is 4. The fraction of sp³-hybridized carbons (Fsp3) is 0. The maximum atomic E-state index is 6.79. The average Bonchev–Trinajstić information content (AvgIpc) is 3.80. The number of para-hydroxylation sites is 1. The quantitative estimate of drug-likeness (QED) is 0.144. The van der Waals surface area contributed by atoms with Gasteiger partial charge in [-0.2, -0.15) is 0 Å². The third-order valence-corrected chi connectivity index (χ3v) is 12.9. The van der Waals surface area contributed by atoms with Gasteiger partial charge in [-0.25, -0.2) is 0 Å². The highest BCUT2D eigenvalue weighted by molar-refractivity contribution is 6.17. The van der Waals surface area contributed by atoms with Crippen molar-refractivity contribution in [3.8, 4) is 66.8 Å². The Morgan fingerprint density at radius 3 is 1.32 bits per heavy atom. The summed E-state index contributed by atoms with van der Waals surface area (Å²) < 4.78 is 6.79. The molecule has 2 heteroatoms. The molecule has 0 bridgehead atoms. The van der Waals surface area contributed by atoms with Gasteiger partial charge in [0.25, 0.3) is 0 Å². The molecule has 0 amide bonds. The molecule has 12 aromatic rings. The second-order valence-corrected chi connectivity index (χ2v) is 16.8. The Balaban J connectivity index is 0.974. The van der Waals surface area contributed by atoms with Gasteiger partial charge in [0.15, 0.2) is 0 Å². The van der Waals surface area contributed by atoms with Crippen LogP contribution in [-0.4, -0.2) is 0 Å². The molecule has 0 unspecified atom stereocenters. The second kappa shape index (κ2) is 16.8. The van der Waals surface area contributed by atoms with Crippen molar-refractivity contribution in [1.29, 1.82) is 0 Å². The Morgan fingerprint density at radius 1 is 0.258 bits per heavy atom. The fourth-order valence-electron chi connectivity index (χ4n) is 9.74. The number of hydrogen-bond acceptors (Lipinski definition) is 2. The Kier molecular flexibility index (Phi) is 9.89. The van der Waals surface area contributed by atoms with Gasteiger partial charge in [0.2, 0.25) is 0 Å². The minimum Gasteiger partial charge on any atom is -0.455 e. The molecule has 2 nitrogen and oxygen atoms in total. The molecule has 0 N–H and O–H groups in total. The third kappa shape index (κ3) is 7.02. The van der Waals surface area contributed by atoms with E-state index in [4.69, 9.17) is 4.42 Å². The van der Waals surface area contributed by atoms with Gasteiger partial charge in [0.05, 0.1) is 11.1 Å². The summed E-state index contributed by atoms with van der Waals surface area (Å²) >= 11 is 0. The lowest BCUT2D eigenvalue weighted by Crippen LogP contribution is -2.10. The molecule has 0 saturated carbocycles. The second-order valence-electron chi connectivity index (χ2n) is 16.8. The molecule has 12 rings (SSSR count). The SMILES string of the molecule is c1ccc(-c2ccccc2-c2ccccc2-c2ccc(N(c3ccc(-c4ccc(-c5cccc6ccccc56)cc4)cc3)c3ccc(-c4ccccc4)c4oc5ccccc5c34)cc2)cc1. The summed E-state index contributed by atoms with van der Waals surface area (Å²) in [7, 11) is 0. The van der Waals surface area contributed by atoms with Gasteiger partial charge in [0.1, 0.15) is 11.2 Å². The van der Waals surface area contributed by atoms with Crippen LogP contribution < -0.4 is 4.90 Å². The lowest BCUT2D eigenvalue weighted by molar-refractivity contribution is 0.670. The Bertz CT molecular complexity index is 3660. The van der Waals surface area contributed by atoms with Crippen molar-refractivity contribution in [2.24, 2.45) is 0 Å². The van der Waals surface area contributed by atoms with Crippen molar-refractivity contribution in [2.45, 2.75) is 0 Å². The molecule has 0 saturated heterocycles. The summed E-state index contributed by atoms with van der Waals surface area (Å²) in [6.45, 7) is 0. The van der Waals surface area contributed by atoms with Crippen molar-refractivity contribution in [2.75, 3.05) is 4.90 Å². The summed E-state index contributed by atoms with van der Waals surface area (Å²) in [6, 6.07) is 93.7. The molecule has 0 spiro atoms. The number of rotatable bonds is 9. The van der Waals surface area contributed by atoms with Gasteiger partial charge in [-0.1, -0.05) is 218 Å². The molecule has 1 aromatic heterocycles. The molecular formula is C64H43NO. The average molecular weight is 842 g/mol. The molecule has 1 heterocycles. The molecule has 0 aliphatic heterocycles. The summed E-state index contributed by atoms with van der Waals surface area (Å²) in [4.78, 5) is 2.38. The van der Waals surface area contributed by atoms with E-state index in [2.05, 4.69) is 260 Å². The zero-order valence-electron chi connectivity index (χ0n) is 36.2. The van der Waals surface area contributed by atoms with Gasteiger partial charge in [-0.05, 0) is 114 Å². The van der Waals surface area contributed by atoms with Crippen molar-refractivity contribution in [3.63, 3.8) is 0 Å². The lowest BCUT2D eigenvalue weighted by Gasteiger charge is -2.27. The van der Waals surface area contributed by atoms with Crippen LogP contribution in [0.15, 0.2) is 265 Å². The Morgan fingerprint density at radius 2 is 0.682 bits per heavy atom. The zero-order chi connectivity index (χ0) is 43.8. The van der Waals surface area contributed by atoms with Crippen LogP contribution in [0.5, 0.6) is 0 Å². The van der Waals surface area contributed by atoms with E-state index in [1.807, 2.05) is 6.07 Å². The van der Waals surface area contributed by atoms with Crippen LogP contribution in [0.25, 0.3) is 99.5 Å². The molecule has 310 valence electrons. The largest absolute Gasteiger partial charge is 0.455 e. The maximum absolute atomic E-state index is 6.79. The van der Waals surface area contributed by atoms with E-state index in [1.54, 1.807) is 0 Å². The molecule has 0 atom stereocenters. The van der Waals surface area contributed by atoms with Gasteiger partial charge in [-0.3, -0.25) is 0 Å². The van der Waals surface area contributed by atoms with Crippen LogP contribution in [0.2, 0.25) is 0 Å². The van der Waals surface area contributed by atoms with Crippen LogP contribution in [0.4, 0.5) is 17.1 Å². The van der Waals surface area contributed by atoms with Crippen molar-refractivity contribution >= 4 is 49.8 Å². The van der Waals surface area contributed by atoms with Crippen LogP contribution >= 0.6 is 0 Å². The minimum atomic E-state index is 0.863. The number of benzene rings is 11. The fourth-order valence-corrected chi connectivity index (χ4v) is 9.74. The Hall–Kier alpha value is -8.72. The number of anilines is 3. The standard InChI is InChI=1S/C64H43NO/c1-3-16-46(17-4-1)55-23-9-11-25-58(55)59-26-12-10-24-56(59)50-36-40-52(41-37-50)65(61-43-42-57(48-18-5-2-6-19-48)64-63(61)60-27-13-14-29-62(60)66-64)51-38-34-45(35-39-51)44-30-32-49(33-31-44)54-28-15-21-47-20-7-8-22-53(47)54/h1-43H. The van der Waals surface area contributed by atoms with Crippen molar-refractivity contribution in [1.82, 2.24) is 0 Å². The van der Waals surface area contributed by atoms with Gasteiger partial charge >= 0.3 is 0 Å². The van der Waals surface area contributed by atoms with E-state index >= 15 is 0 Å². The van der Waals surface area contributed by atoms with Gasteiger partial charge in [-0.15, -0.1) is 0 Å². The van der Waals surface area contributed by atoms with E-state index < -0.39 is 0 Å². The zero-order valence-corrected chi connectivity index (χ0v) is 36.2. The molecule has 0 aliphatic rings. The normalized spacial score (nSPS) is 11.3. The summed E-state index contributed by atoms with van der Waals surface area (Å²) in [5.74, 6) is 0. The molecule has 0 aliphatic carbocycles. The monoisotopic (exact) mass is 841 g/mol. The highest BCUT2D eigenvalue weighted by Crippen LogP contribution is 2.47. The smallest absolute Gasteiger partial charge is 0.145 e. The number of hydrogen-bond donors (Lipinski definition) is 0. The van der Waals surface area contributed by atoms with Gasteiger partial charge < -0.3 is 9.32 Å². The number of furan rings is 1. The molecule has 0 fully saturated rings. The van der Waals surface area contributed by atoms with Crippen LogP contribution in [0.3, 0.4) is 0 Å². The van der Waals surface area contributed by atoms with Crippen LogP contribution in [0.1, 0.15) is 0 Å². The molecule has 66 heavy (non-hydrogen) atoms. The highest BCUT2D eigenvalue weighted by atomic mass is 16.3. The summed E-state index contributed by atoms with van der Waals surface area (Å²) in [6.07, 6.45) is 0. The Labute approximate surface area is 384 Å². The van der Waals surface area contributed by atoms with Crippen molar-refractivity contribution in [3.05, 3.63) is 261 Å². The van der Waals surface area contributed by atoms with E-state index in [0.717, 1.165) is 61.3 Å². The predicted molar refractivity (Wildman–Crippen MR) is 279 cm³/mol. The highest BCUT2D eigenvalue weighted by Gasteiger charge is 2.23. The maximum Gasteiger partial charge on any atom is 0.145 e. The van der Waals surface area contributed by atoms with Gasteiger partial charge in [0, 0.05) is 22.3 Å². The first-order chi connectivity index (χ1) is 32.7. The van der Waals surface area contributed by atoms with E-state index in [0.29, 0.717) is 0 Å². The van der Waals surface area contributed by atoms with Crippen LogP contribution in [0, 0.1) is 0 Å². The van der Waals surface area contributed by atoms with Crippen LogP contribution in [-0.2, 0) is 0 Å². The summed E-state index contributed by atoms with van der Waals surface area (Å²) in [5.41, 5.74) is 19.0. The van der Waals surface area contributed by atoms with Crippen molar-refractivity contribution < 1.29 is 4.42 Å². The van der Waals surface area contributed by atoms with E-state index in [9.17, 15) is 0 Å². The molecular weight excluding hydrogens is 799 g/mol. The summed E-state index contributed by atoms with van der Waals surface area (Å²) in [5, 5.41) is 4.67. The first-order valence-corrected chi connectivity index (χ1v) is 22.6. The third-order valence-electron chi connectivity index (χ3n) is 12.9. The topological polar surface area (TPSA) is 16.4 Å². The number of nitrogens with zero attached hydrogens (tertiary/aromatic N) is 1.